The number of hydrogen-bond donors (Lipinski definition) is 1. The third-order valence-electron chi connectivity index (χ3n) is 3.60. The quantitative estimate of drug-likeness (QED) is 0.910. The normalized spacial score (nSPS) is 16.5. The van der Waals surface area contributed by atoms with E-state index < -0.39 is 9.84 Å². The summed E-state index contributed by atoms with van der Waals surface area (Å²) < 4.78 is 34.2. The average molecular weight is 347 g/mol. The van der Waals surface area contributed by atoms with Crippen molar-refractivity contribution in [2.75, 3.05) is 19.4 Å². The number of hydrogen-bond acceptors (Lipinski definition) is 5. The fourth-order valence-electron chi connectivity index (χ4n) is 2.33. The molecular weight excluding hydrogens is 330 g/mol. The van der Waals surface area contributed by atoms with Gasteiger partial charge in [0.25, 0.3) is 5.91 Å². The van der Waals surface area contributed by atoms with Crippen molar-refractivity contribution in [1.29, 1.82) is 0 Å². The molecule has 24 heavy (non-hydrogen) atoms. The smallest absolute Gasteiger partial charge is 0.251 e. The minimum atomic E-state index is -3.27. The lowest BCUT2D eigenvalue weighted by Crippen LogP contribution is -2.40. The van der Waals surface area contributed by atoms with E-state index in [-0.39, 0.29) is 16.9 Å². The summed E-state index contributed by atoms with van der Waals surface area (Å²) in [5.74, 6) is 1.05. The topological polar surface area (TPSA) is 81.7 Å². The summed E-state index contributed by atoms with van der Waals surface area (Å²) in [6.45, 7) is 0.644. The largest absolute Gasteiger partial charge is 0.486 e. The van der Waals surface area contributed by atoms with Crippen LogP contribution in [0.1, 0.15) is 10.4 Å². The minimum absolute atomic E-state index is 0.180. The molecule has 3 rings (SSSR count). The Morgan fingerprint density at radius 3 is 2.46 bits per heavy atom. The maximum Gasteiger partial charge on any atom is 0.251 e. The molecule has 2 aromatic carbocycles. The van der Waals surface area contributed by atoms with Gasteiger partial charge in [-0.2, -0.15) is 0 Å². The van der Waals surface area contributed by atoms with Crippen molar-refractivity contribution in [2.45, 2.75) is 11.0 Å². The fourth-order valence-corrected chi connectivity index (χ4v) is 2.96. The average Bonchev–Trinajstić information content (AvgIpc) is 2.59. The molecule has 0 aromatic heterocycles. The van der Waals surface area contributed by atoms with Crippen molar-refractivity contribution in [3.63, 3.8) is 0 Å². The van der Waals surface area contributed by atoms with Crippen LogP contribution in [0.2, 0.25) is 0 Å². The van der Waals surface area contributed by atoms with E-state index in [1.54, 1.807) is 0 Å². The van der Waals surface area contributed by atoms with Gasteiger partial charge in [0.1, 0.15) is 12.7 Å². The molecule has 0 spiro atoms. The number of fused-ring (bicyclic) bond motifs is 1. The number of amides is 1. The first-order chi connectivity index (χ1) is 11.4. The first-order valence-electron chi connectivity index (χ1n) is 7.40. The van der Waals surface area contributed by atoms with E-state index in [2.05, 4.69) is 5.32 Å². The third kappa shape index (κ3) is 3.68. The van der Waals surface area contributed by atoms with Crippen LogP contribution in [0.4, 0.5) is 0 Å². The minimum Gasteiger partial charge on any atom is -0.486 e. The monoisotopic (exact) mass is 347 g/mol. The van der Waals surface area contributed by atoms with E-state index in [1.807, 2.05) is 24.3 Å². The molecule has 1 aliphatic heterocycles. The third-order valence-corrected chi connectivity index (χ3v) is 4.73. The molecule has 1 heterocycles. The molecule has 1 aliphatic rings. The van der Waals surface area contributed by atoms with Crippen LogP contribution in [0.15, 0.2) is 53.4 Å². The molecule has 2 aromatic rings. The second-order valence-corrected chi connectivity index (χ2v) is 7.52. The zero-order chi connectivity index (χ0) is 17.2. The summed E-state index contributed by atoms with van der Waals surface area (Å²) in [6.07, 6.45) is 0.847. The molecule has 1 atom stereocenters. The lowest BCUT2D eigenvalue weighted by atomic mass is 10.2. The molecule has 0 saturated carbocycles. The number of ether oxygens (including phenoxy) is 2. The number of rotatable bonds is 4. The highest BCUT2D eigenvalue weighted by molar-refractivity contribution is 7.90. The predicted octanol–water partition coefficient (Wildman–Crippen LogP) is 1.66. The fraction of sp³-hybridized carbons (Fsp3) is 0.235. The van der Waals surface area contributed by atoms with Gasteiger partial charge in [-0.1, -0.05) is 12.1 Å². The van der Waals surface area contributed by atoms with Crippen molar-refractivity contribution in [1.82, 2.24) is 5.32 Å². The zero-order valence-corrected chi connectivity index (χ0v) is 13.9. The van der Waals surface area contributed by atoms with Crippen LogP contribution in [0.5, 0.6) is 11.5 Å². The Balaban J connectivity index is 1.58. The number of carbonyl (C=O) groups is 1. The van der Waals surface area contributed by atoms with Crippen LogP contribution >= 0.6 is 0 Å². The van der Waals surface area contributed by atoms with Crippen molar-refractivity contribution in [3.05, 3.63) is 54.1 Å². The van der Waals surface area contributed by atoms with E-state index in [0.717, 1.165) is 6.26 Å². The summed E-state index contributed by atoms with van der Waals surface area (Å²) in [6, 6.07) is 13.2. The summed E-state index contributed by atoms with van der Waals surface area (Å²) in [7, 11) is -3.27. The number of nitrogens with one attached hydrogen (secondary N) is 1. The Hall–Kier alpha value is -2.54. The van der Waals surface area contributed by atoms with Gasteiger partial charge in [-0.15, -0.1) is 0 Å². The number of benzene rings is 2. The van der Waals surface area contributed by atoms with Crippen molar-refractivity contribution in [2.24, 2.45) is 0 Å². The molecule has 126 valence electrons. The number of carbonyl (C=O) groups excluding carboxylic acids is 1. The maximum atomic E-state index is 12.1. The molecule has 0 fully saturated rings. The van der Waals surface area contributed by atoms with E-state index >= 15 is 0 Å². The molecule has 0 unspecified atom stereocenters. The van der Waals surface area contributed by atoms with Crippen LogP contribution < -0.4 is 14.8 Å². The summed E-state index contributed by atoms with van der Waals surface area (Å²) in [4.78, 5) is 12.3. The molecule has 0 saturated heterocycles. The first kappa shape index (κ1) is 16.3. The van der Waals surface area contributed by atoms with Gasteiger partial charge in [-0.05, 0) is 36.4 Å². The van der Waals surface area contributed by atoms with Gasteiger partial charge < -0.3 is 14.8 Å². The molecule has 0 bridgehead atoms. The highest BCUT2D eigenvalue weighted by atomic mass is 32.2. The van der Waals surface area contributed by atoms with E-state index in [4.69, 9.17) is 9.47 Å². The van der Waals surface area contributed by atoms with Gasteiger partial charge in [0.15, 0.2) is 21.3 Å². The van der Waals surface area contributed by atoms with Gasteiger partial charge in [0, 0.05) is 11.8 Å². The zero-order valence-electron chi connectivity index (χ0n) is 13.1. The van der Waals surface area contributed by atoms with Gasteiger partial charge >= 0.3 is 0 Å². The van der Waals surface area contributed by atoms with Crippen LogP contribution in [-0.2, 0) is 9.84 Å². The van der Waals surface area contributed by atoms with Crippen LogP contribution in [0, 0.1) is 0 Å². The van der Waals surface area contributed by atoms with Gasteiger partial charge in [-0.25, -0.2) is 8.42 Å². The van der Waals surface area contributed by atoms with E-state index in [9.17, 15) is 13.2 Å². The van der Waals surface area contributed by atoms with Crippen LogP contribution in [0.25, 0.3) is 0 Å². The lowest BCUT2D eigenvalue weighted by Gasteiger charge is -2.26. The second-order valence-electron chi connectivity index (χ2n) is 5.50. The van der Waals surface area contributed by atoms with Crippen molar-refractivity contribution in [3.8, 4) is 11.5 Å². The van der Waals surface area contributed by atoms with E-state index in [1.165, 1.54) is 24.3 Å². The highest BCUT2D eigenvalue weighted by Gasteiger charge is 2.21. The summed E-state index contributed by atoms with van der Waals surface area (Å²) in [5.41, 5.74) is 0.388. The Labute approximate surface area is 140 Å². The first-order valence-corrected chi connectivity index (χ1v) is 9.29. The van der Waals surface area contributed by atoms with Gasteiger partial charge in [0.2, 0.25) is 0 Å². The summed E-state index contributed by atoms with van der Waals surface area (Å²) in [5, 5.41) is 2.76. The maximum absolute atomic E-state index is 12.1. The predicted molar refractivity (Wildman–Crippen MR) is 88.2 cm³/mol. The Kier molecular flexibility index (Phi) is 4.44. The van der Waals surface area contributed by atoms with Crippen LogP contribution in [-0.4, -0.2) is 39.8 Å². The molecular formula is C17H17NO5S. The molecule has 6 nitrogen and oxygen atoms in total. The Morgan fingerprint density at radius 2 is 1.79 bits per heavy atom. The molecule has 0 radical (unpaired) electrons. The summed E-state index contributed by atoms with van der Waals surface area (Å²) >= 11 is 0. The second kappa shape index (κ2) is 6.52. The molecule has 1 amide bonds. The standard InChI is InChI=1S/C17H17NO5S/c1-24(20,21)14-8-6-12(7-9-14)17(19)18-10-13-11-22-15-4-2-3-5-16(15)23-13/h2-9,13H,10-11H2,1H3,(H,18,19)/t13-/m1/s1. The Morgan fingerprint density at radius 1 is 1.12 bits per heavy atom. The SMILES string of the molecule is CS(=O)(=O)c1ccc(C(=O)NC[C@@H]2COc3ccccc3O2)cc1. The van der Waals surface area contributed by atoms with Crippen molar-refractivity contribution < 1.29 is 22.7 Å². The van der Waals surface area contributed by atoms with Gasteiger partial charge in [0.05, 0.1) is 11.4 Å². The highest BCUT2D eigenvalue weighted by Crippen LogP contribution is 2.30. The lowest BCUT2D eigenvalue weighted by molar-refractivity contribution is 0.0789. The van der Waals surface area contributed by atoms with E-state index in [0.29, 0.717) is 30.2 Å². The molecule has 0 aliphatic carbocycles. The number of sulfone groups is 1. The van der Waals surface area contributed by atoms with Gasteiger partial charge in [-0.3, -0.25) is 4.79 Å². The molecule has 1 N–H and O–H groups in total. The Bertz CT molecular complexity index is 846. The van der Waals surface area contributed by atoms with Crippen molar-refractivity contribution >= 4 is 15.7 Å². The number of para-hydroxylation sites is 2. The van der Waals surface area contributed by atoms with Crippen LogP contribution in [0.3, 0.4) is 0 Å². The molecule has 7 heteroatoms.